The molecule has 0 radical (unpaired) electrons. The Labute approximate surface area is 169 Å². The van der Waals surface area contributed by atoms with Gasteiger partial charge in [-0.25, -0.2) is 13.2 Å². The summed E-state index contributed by atoms with van der Waals surface area (Å²) in [6, 6.07) is 4.89. The largest absolute Gasteiger partial charge is 0.356 e. The monoisotopic (exact) mass is 412 g/mol. The van der Waals surface area contributed by atoms with Gasteiger partial charge in [0.15, 0.2) is 0 Å². The molecule has 0 saturated carbocycles. The molecular formula is C21H27F3N2OS. The van der Waals surface area contributed by atoms with Crippen LogP contribution < -0.4 is 10.0 Å². The number of allylic oxidation sites excluding steroid dienone is 5. The number of rotatable bonds is 9. The Morgan fingerprint density at radius 2 is 1.96 bits per heavy atom. The number of likely N-dealkylation sites (N-methyl/N-ethyl adjacent to an activating group) is 1. The first-order valence-electron chi connectivity index (χ1n) is 8.96. The summed E-state index contributed by atoms with van der Waals surface area (Å²) in [4.78, 5) is 12.4. The van der Waals surface area contributed by atoms with Crippen molar-refractivity contribution in [1.82, 2.24) is 10.0 Å². The van der Waals surface area contributed by atoms with Gasteiger partial charge in [0, 0.05) is 42.6 Å². The lowest BCUT2D eigenvalue weighted by Crippen LogP contribution is -2.21. The zero-order chi connectivity index (χ0) is 21.3. The highest BCUT2D eigenvalue weighted by Crippen LogP contribution is 2.32. The zero-order valence-corrected chi connectivity index (χ0v) is 17.6. The van der Waals surface area contributed by atoms with Gasteiger partial charge >= 0.3 is 0 Å². The average molecular weight is 413 g/mol. The molecule has 0 aliphatic heterocycles. The minimum absolute atomic E-state index is 0.268. The molecule has 0 spiro atoms. The Balaban J connectivity index is 3.01. The van der Waals surface area contributed by atoms with Crippen molar-refractivity contribution in [3.8, 4) is 0 Å². The molecule has 0 aliphatic rings. The molecule has 0 unspecified atom stereocenters. The van der Waals surface area contributed by atoms with Gasteiger partial charge in [-0.1, -0.05) is 25.1 Å². The van der Waals surface area contributed by atoms with Gasteiger partial charge in [0.25, 0.3) is 5.92 Å². The lowest BCUT2D eigenvalue weighted by atomic mass is 9.99. The topological polar surface area (TPSA) is 41.1 Å². The van der Waals surface area contributed by atoms with Gasteiger partial charge in [-0.15, -0.1) is 0 Å². The van der Waals surface area contributed by atoms with Crippen molar-refractivity contribution in [3.05, 3.63) is 69.4 Å². The predicted molar refractivity (Wildman–Crippen MR) is 110 cm³/mol. The highest BCUT2D eigenvalue weighted by atomic mass is 32.2. The number of hydrogen-bond donors (Lipinski definition) is 2. The first-order chi connectivity index (χ1) is 13.1. The van der Waals surface area contributed by atoms with Crippen LogP contribution in [0.25, 0.3) is 0 Å². The molecule has 154 valence electrons. The number of benzene rings is 1. The molecule has 0 saturated heterocycles. The van der Waals surface area contributed by atoms with Crippen molar-refractivity contribution in [3.63, 3.8) is 0 Å². The molecular weight excluding hydrogens is 385 g/mol. The van der Waals surface area contributed by atoms with Crippen LogP contribution >= 0.6 is 11.9 Å². The molecule has 0 aromatic heterocycles. The lowest BCUT2D eigenvalue weighted by molar-refractivity contribution is -0.116. The van der Waals surface area contributed by atoms with E-state index in [1.807, 2.05) is 19.9 Å². The SMILES string of the molecule is C/C=C(\C=C(/CC)SNCc1c(C)cccc1F)C(=C\C(=O)NC)/C(C)(F)F. The van der Waals surface area contributed by atoms with E-state index in [0.29, 0.717) is 18.5 Å². The van der Waals surface area contributed by atoms with Gasteiger partial charge in [-0.05, 0) is 55.5 Å². The molecule has 7 heteroatoms. The number of hydrogen-bond acceptors (Lipinski definition) is 3. The van der Waals surface area contributed by atoms with E-state index < -0.39 is 11.8 Å². The first-order valence-corrected chi connectivity index (χ1v) is 9.78. The molecule has 2 N–H and O–H groups in total. The van der Waals surface area contributed by atoms with Crippen molar-refractivity contribution in [1.29, 1.82) is 0 Å². The summed E-state index contributed by atoms with van der Waals surface area (Å²) in [6.07, 6.45) is 4.68. The van der Waals surface area contributed by atoms with Crippen LogP contribution in [0.4, 0.5) is 13.2 Å². The minimum atomic E-state index is -3.17. The minimum Gasteiger partial charge on any atom is -0.356 e. The number of nitrogens with one attached hydrogen (secondary N) is 2. The smallest absolute Gasteiger partial charge is 0.271 e. The molecule has 0 bridgehead atoms. The maximum Gasteiger partial charge on any atom is 0.271 e. The molecule has 3 nitrogen and oxygen atoms in total. The summed E-state index contributed by atoms with van der Waals surface area (Å²) in [5.74, 6) is -4.06. The van der Waals surface area contributed by atoms with Gasteiger partial charge in [-0.3, -0.25) is 9.52 Å². The van der Waals surface area contributed by atoms with Crippen molar-refractivity contribution in [2.24, 2.45) is 0 Å². The fraction of sp³-hybridized carbons (Fsp3) is 0.381. The number of amides is 1. The summed E-state index contributed by atoms with van der Waals surface area (Å²) in [5.41, 5.74) is 1.32. The van der Waals surface area contributed by atoms with Gasteiger partial charge in [0.1, 0.15) is 5.82 Å². The number of carbonyl (C=O) groups excluding carboxylic acids is 1. The molecule has 0 heterocycles. The molecule has 0 atom stereocenters. The Morgan fingerprint density at radius 1 is 1.29 bits per heavy atom. The molecule has 1 aromatic rings. The Hall–Kier alpha value is -1.99. The van der Waals surface area contributed by atoms with Gasteiger partial charge < -0.3 is 5.32 Å². The second-order valence-electron chi connectivity index (χ2n) is 6.23. The first kappa shape index (κ1) is 24.0. The van der Waals surface area contributed by atoms with Crippen LogP contribution in [0.1, 0.15) is 38.3 Å². The second kappa shape index (κ2) is 11.1. The maximum absolute atomic E-state index is 14.1. The summed E-state index contributed by atoms with van der Waals surface area (Å²) in [7, 11) is 1.39. The molecule has 28 heavy (non-hydrogen) atoms. The molecule has 1 rings (SSSR count). The van der Waals surface area contributed by atoms with Gasteiger partial charge in [0.2, 0.25) is 5.91 Å². The van der Waals surface area contributed by atoms with Crippen LogP contribution in [0.5, 0.6) is 0 Å². The van der Waals surface area contributed by atoms with E-state index in [-0.39, 0.29) is 17.0 Å². The van der Waals surface area contributed by atoms with Crippen LogP contribution in [0.2, 0.25) is 0 Å². The summed E-state index contributed by atoms with van der Waals surface area (Å²) in [5, 5.41) is 2.33. The number of halogens is 3. The van der Waals surface area contributed by atoms with Crippen molar-refractivity contribution < 1.29 is 18.0 Å². The fourth-order valence-electron chi connectivity index (χ4n) is 2.45. The average Bonchev–Trinajstić information content (AvgIpc) is 2.64. The van der Waals surface area contributed by atoms with Crippen LogP contribution in [0.3, 0.4) is 0 Å². The fourth-order valence-corrected chi connectivity index (χ4v) is 3.18. The molecule has 0 fully saturated rings. The second-order valence-corrected chi connectivity index (χ2v) is 7.24. The highest BCUT2D eigenvalue weighted by Gasteiger charge is 2.30. The van der Waals surface area contributed by atoms with Crippen molar-refractivity contribution >= 4 is 17.9 Å². The third-order valence-corrected chi connectivity index (χ3v) is 5.04. The van der Waals surface area contributed by atoms with E-state index >= 15 is 0 Å². The van der Waals surface area contributed by atoms with Crippen molar-refractivity contribution in [2.45, 2.75) is 46.6 Å². The Kier molecular flexibility index (Phi) is 9.55. The van der Waals surface area contributed by atoms with E-state index in [2.05, 4.69) is 10.0 Å². The van der Waals surface area contributed by atoms with E-state index in [1.54, 1.807) is 25.1 Å². The summed E-state index contributed by atoms with van der Waals surface area (Å²) >= 11 is 1.26. The van der Waals surface area contributed by atoms with Crippen LogP contribution in [0, 0.1) is 12.7 Å². The van der Waals surface area contributed by atoms with E-state index in [4.69, 9.17) is 0 Å². The molecule has 1 aromatic carbocycles. The lowest BCUT2D eigenvalue weighted by Gasteiger charge is -2.17. The van der Waals surface area contributed by atoms with Crippen LogP contribution in [0.15, 0.2) is 52.5 Å². The Bertz CT molecular complexity index is 760. The standard InChI is InChI=1S/C21H27F3N2OS/c1-6-15(18(21(4,23)24)12-20(27)25-5)11-16(7-2)28-26-13-17-14(3)9-8-10-19(17)22/h6,8-12,26H,7,13H2,1-5H3,(H,25,27)/b15-6+,16-11+,18-12+. The maximum atomic E-state index is 14.1. The predicted octanol–water partition coefficient (Wildman–Crippen LogP) is 5.44. The summed E-state index contributed by atoms with van der Waals surface area (Å²) < 4.78 is 45.1. The van der Waals surface area contributed by atoms with Crippen LogP contribution in [-0.4, -0.2) is 18.9 Å². The molecule has 0 aliphatic carbocycles. The third-order valence-electron chi connectivity index (χ3n) is 4.09. The number of aryl methyl sites for hydroxylation is 1. The van der Waals surface area contributed by atoms with Crippen LogP contribution in [-0.2, 0) is 11.3 Å². The number of carbonyl (C=O) groups is 1. The van der Waals surface area contributed by atoms with E-state index in [0.717, 1.165) is 23.5 Å². The van der Waals surface area contributed by atoms with Gasteiger partial charge in [-0.2, -0.15) is 0 Å². The third kappa shape index (κ3) is 7.20. The Morgan fingerprint density at radius 3 is 2.46 bits per heavy atom. The zero-order valence-electron chi connectivity index (χ0n) is 16.8. The highest BCUT2D eigenvalue weighted by molar-refractivity contribution is 8.01. The van der Waals surface area contributed by atoms with Crippen molar-refractivity contribution in [2.75, 3.05) is 7.05 Å². The number of alkyl halides is 2. The summed E-state index contributed by atoms with van der Waals surface area (Å²) in [6.45, 7) is 6.43. The normalized spacial score (nSPS) is 13.6. The van der Waals surface area contributed by atoms with E-state index in [1.165, 1.54) is 25.1 Å². The molecule has 1 amide bonds. The quantitative estimate of drug-likeness (QED) is 0.322. The van der Waals surface area contributed by atoms with E-state index in [9.17, 15) is 18.0 Å². The van der Waals surface area contributed by atoms with Gasteiger partial charge in [0.05, 0.1) is 0 Å².